The fourth-order valence-corrected chi connectivity index (χ4v) is 4.40. The maximum Gasteiger partial charge on any atom is 0.414 e. The predicted octanol–water partition coefficient (Wildman–Crippen LogP) is 2.71. The van der Waals surface area contributed by atoms with Crippen molar-refractivity contribution in [1.29, 1.82) is 0 Å². The minimum absolute atomic E-state index is 0.0226. The molecule has 5 rings (SSSR count). The van der Waals surface area contributed by atoms with Crippen LogP contribution in [0.1, 0.15) is 34.1 Å². The van der Waals surface area contributed by atoms with Crippen molar-refractivity contribution in [2.75, 3.05) is 25.0 Å². The molecule has 1 aliphatic carbocycles. The second-order valence-corrected chi connectivity index (χ2v) is 8.13. The van der Waals surface area contributed by atoms with E-state index in [0.717, 1.165) is 22.3 Å². The van der Waals surface area contributed by atoms with Gasteiger partial charge in [-0.1, -0.05) is 48.5 Å². The molecule has 10 nitrogen and oxygen atoms in total. The molecule has 3 aromatic rings. The van der Waals surface area contributed by atoms with Crippen LogP contribution in [0.4, 0.5) is 10.7 Å². The van der Waals surface area contributed by atoms with Crippen LogP contribution in [0.15, 0.2) is 48.5 Å². The largest absolute Gasteiger partial charge is 0.481 e. The number of aromatic nitrogens is 3. The van der Waals surface area contributed by atoms with Crippen molar-refractivity contribution in [1.82, 2.24) is 20.1 Å². The molecule has 2 heterocycles. The second-order valence-electron chi connectivity index (χ2n) is 8.13. The maximum atomic E-state index is 12.4. The van der Waals surface area contributed by atoms with Crippen LogP contribution in [-0.2, 0) is 9.53 Å². The highest BCUT2D eigenvalue weighted by atomic mass is 16.5. The zero-order valence-electron chi connectivity index (χ0n) is 17.5. The van der Waals surface area contributed by atoms with Crippen LogP contribution in [0.3, 0.4) is 0 Å². The average molecular weight is 447 g/mol. The van der Waals surface area contributed by atoms with E-state index in [2.05, 4.69) is 32.6 Å². The van der Waals surface area contributed by atoms with E-state index >= 15 is 0 Å². The summed E-state index contributed by atoms with van der Waals surface area (Å²) >= 11 is 0. The van der Waals surface area contributed by atoms with Gasteiger partial charge in [-0.2, -0.15) is 4.98 Å². The van der Waals surface area contributed by atoms with Crippen LogP contribution in [0.2, 0.25) is 0 Å². The van der Waals surface area contributed by atoms with Gasteiger partial charge in [0.05, 0.1) is 6.42 Å². The van der Waals surface area contributed by atoms with E-state index in [1.807, 2.05) is 36.4 Å². The lowest BCUT2D eigenvalue weighted by Crippen LogP contribution is -2.50. The number of carbonyl (C=O) groups is 3. The summed E-state index contributed by atoms with van der Waals surface area (Å²) in [4.78, 5) is 40.9. The number of hydrogen-bond acceptors (Lipinski definition) is 6. The number of H-pyrrole nitrogens is 1. The highest BCUT2D eigenvalue weighted by molar-refractivity contribution is 5.92. The van der Waals surface area contributed by atoms with Crippen LogP contribution in [-0.4, -0.2) is 62.9 Å². The molecule has 10 heteroatoms. The number of amides is 2. The summed E-state index contributed by atoms with van der Waals surface area (Å²) < 4.78 is 5.45. The van der Waals surface area contributed by atoms with Gasteiger partial charge < -0.3 is 14.7 Å². The molecule has 1 saturated heterocycles. The fraction of sp³-hybridized carbons (Fsp3) is 0.261. The number of anilines is 1. The first-order valence-electron chi connectivity index (χ1n) is 10.5. The van der Waals surface area contributed by atoms with E-state index in [9.17, 15) is 14.4 Å². The Morgan fingerprint density at radius 3 is 2.33 bits per heavy atom. The summed E-state index contributed by atoms with van der Waals surface area (Å²) in [6.07, 6.45) is -0.699. The van der Waals surface area contributed by atoms with Gasteiger partial charge in [-0.3, -0.25) is 20.0 Å². The number of carbonyl (C=O) groups excluding carboxylic acids is 2. The summed E-state index contributed by atoms with van der Waals surface area (Å²) in [6, 6.07) is 16.1. The third kappa shape index (κ3) is 4.02. The molecule has 1 aliphatic heterocycles. The molecular weight excluding hydrogens is 426 g/mol. The number of ether oxygens (including phenoxy) is 1. The van der Waals surface area contributed by atoms with Gasteiger partial charge in [0, 0.05) is 24.9 Å². The first-order valence-corrected chi connectivity index (χ1v) is 10.5. The van der Waals surface area contributed by atoms with Crippen molar-refractivity contribution in [3.8, 4) is 11.1 Å². The van der Waals surface area contributed by atoms with E-state index in [4.69, 9.17) is 9.84 Å². The highest BCUT2D eigenvalue weighted by Crippen LogP contribution is 2.44. The first-order chi connectivity index (χ1) is 16.0. The Labute approximate surface area is 188 Å². The highest BCUT2D eigenvalue weighted by Gasteiger charge is 2.34. The second kappa shape index (κ2) is 8.38. The summed E-state index contributed by atoms with van der Waals surface area (Å²) in [5.41, 5.74) is 4.48. The van der Waals surface area contributed by atoms with E-state index in [-0.39, 0.29) is 36.6 Å². The lowest BCUT2D eigenvalue weighted by atomic mass is 9.96. The Morgan fingerprint density at radius 1 is 1.06 bits per heavy atom. The molecule has 168 valence electrons. The number of carboxylic acids is 1. The average Bonchev–Trinajstić information content (AvgIpc) is 3.37. The summed E-state index contributed by atoms with van der Waals surface area (Å²) in [6.45, 7) is 0.844. The zero-order chi connectivity index (χ0) is 22.9. The fourth-order valence-electron chi connectivity index (χ4n) is 4.40. The predicted molar refractivity (Wildman–Crippen MR) is 117 cm³/mol. The quantitative estimate of drug-likeness (QED) is 0.528. The van der Waals surface area contributed by atoms with Crippen LogP contribution in [0.25, 0.3) is 11.1 Å². The molecule has 33 heavy (non-hydrogen) atoms. The smallest absolute Gasteiger partial charge is 0.414 e. The minimum Gasteiger partial charge on any atom is -0.481 e. The molecule has 0 atom stereocenters. The first kappa shape index (κ1) is 20.7. The molecule has 2 aromatic carbocycles. The molecule has 0 saturated carbocycles. The van der Waals surface area contributed by atoms with Crippen LogP contribution >= 0.6 is 0 Å². The summed E-state index contributed by atoms with van der Waals surface area (Å²) in [5.74, 6) is -1.52. The number of hydrogen-bond donors (Lipinski definition) is 3. The molecule has 2 amide bonds. The van der Waals surface area contributed by atoms with E-state index in [0.29, 0.717) is 13.1 Å². The van der Waals surface area contributed by atoms with Crippen LogP contribution in [0, 0.1) is 5.92 Å². The number of benzene rings is 2. The topological polar surface area (TPSA) is 138 Å². The lowest BCUT2D eigenvalue weighted by Gasteiger charge is -2.37. The lowest BCUT2D eigenvalue weighted by molar-refractivity contribution is -0.139. The monoisotopic (exact) mass is 447 g/mol. The normalized spacial score (nSPS) is 14.8. The van der Waals surface area contributed by atoms with Gasteiger partial charge in [0.2, 0.25) is 5.82 Å². The molecule has 2 aliphatic rings. The summed E-state index contributed by atoms with van der Waals surface area (Å²) in [5, 5.41) is 17.6. The molecule has 0 radical (unpaired) electrons. The number of nitrogens with zero attached hydrogens (tertiary/aromatic N) is 3. The Morgan fingerprint density at radius 2 is 1.70 bits per heavy atom. The van der Waals surface area contributed by atoms with Gasteiger partial charge in [-0.05, 0) is 22.3 Å². The Bertz CT molecular complexity index is 1190. The Kier molecular flexibility index (Phi) is 5.25. The molecule has 0 unspecified atom stereocenters. The molecule has 0 spiro atoms. The molecule has 3 N–H and O–H groups in total. The van der Waals surface area contributed by atoms with Crippen molar-refractivity contribution in [2.24, 2.45) is 5.92 Å². The number of fused-ring (bicyclic) bond motifs is 3. The SMILES string of the molecule is O=C(O)CC1CN(C(=O)c2nc(NC(=O)OCC3c4ccccc4-c4ccccc43)n[nH]2)C1. The molecular formula is C23H21N5O5. The van der Waals surface area contributed by atoms with Crippen molar-refractivity contribution in [2.45, 2.75) is 12.3 Å². The number of nitrogens with one attached hydrogen (secondary N) is 2. The van der Waals surface area contributed by atoms with Gasteiger partial charge >= 0.3 is 12.1 Å². The van der Waals surface area contributed by atoms with Gasteiger partial charge in [0.1, 0.15) is 6.61 Å². The number of likely N-dealkylation sites (tertiary alicyclic amines) is 1. The van der Waals surface area contributed by atoms with Crippen molar-refractivity contribution < 1.29 is 24.2 Å². The van der Waals surface area contributed by atoms with Crippen molar-refractivity contribution in [3.05, 3.63) is 65.5 Å². The number of carboxylic acid groups (broad SMARTS) is 1. The standard InChI is InChI=1S/C23H21N5O5/c29-19(30)9-13-10-28(11-13)21(31)20-24-22(27-26-20)25-23(32)33-12-18-16-7-3-1-5-14(16)15-6-2-4-8-17(15)18/h1-8,13,18H,9-12H2,(H,29,30)(H2,24,25,26,27,32). The maximum absolute atomic E-state index is 12.4. The van der Waals surface area contributed by atoms with E-state index < -0.39 is 18.0 Å². The van der Waals surface area contributed by atoms with Crippen LogP contribution < -0.4 is 5.32 Å². The van der Waals surface area contributed by atoms with Gasteiger partial charge in [0.25, 0.3) is 11.9 Å². The summed E-state index contributed by atoms with van der Waals surface area (Å²) in [7, 11) is 0. The molecule has 0 bridgehead atoms. The molecule has 1 aromatic heterocycles. The van der Waals surface area contributed by atoms with E-state index in [1.54, 1.807) is 0 Å². The van der Waals surface area contributed by atoms with Crippen molar-refractivity contribution in [3.63, 3.8) is 0 Å². The Balaban J connectivity index is 1.17. The zero-order valence-corrected chi connectivity index (χ0v) is 17.5. The van der Waals surface area contributed by atoms with Crippen molar-refractivity contribution >= 4 is 23.9 Å². The number of aliphatic carboxylic acids is 1. The van der Waals surface area contributed by atoms with E-state index in [1.165, 1.54) is 4.90 Å². The third-order valence-electron chi connectivity index (χ3n) is 5.95. The third-order valence-corrected chi connectivity index (χ3v) is 5.95. The van der Waals surface area contributed by atoms with Gasteiger partial charge in [0.15, 0.2) is 0 Å². The number of rotatable bonds is 6. The van der Waals surface area contributed by atoms with Gasteiger partial charge in [-0.15, -0.1) is 5.10 Å². The minimum atomic E-state index is -0.888. The Hall–Kier alpha value is -4.21. The molecule has 1 fully saturated rings. The van der Waals surface area contributed by atoms with Gasteiger partial charge in [-0.25, -0.2) is 4.79 Å². The van der Waals surface area contributed by atoms with Crippen LogP contribution in [0.5, 0.6) is 0 Å². The number of aromatic amines is 1.